The molecule has 21 heavy (non-hydrogen) atoms. The minimum atomic E-state index is -4.32. The predicted molar refractivity (Wildman–Crippen MR) is 73.0 cm³/mol. The van der Waals surface area contributed by atoms with Crippen molar-refractivity contribution in [2.24, 2.45) is 17.6 Å². The zero-order valence-corrected chi connectivity index (χ0v) is 11.7. The minimum absolute atomic E-state index is 0.205. The second-order valence-corrected chi connectivity index (χ2v) is 5.28. The molecule has 0 saturated carbocycles. The summed E-state index contributed by atoms with van der Waals surface area (Å²) in [7, 11) is 0. The highest BCUT2D eigenvalue weighted by Crippen LogP contribution is 2.30. The summed E-state index contributed by atoms with van der Waals surface area (Å²) in [5.74, 6) is 1.10. The van der Waals surface area contributed by atoms with Crippen molar-refractivity contribution in [1.82, 2.24) is 0 Å². The Labute approximate surface area is 122 Å². The zero-order valence-electron chi connectivity index (χ0n) is 11.7. The highest BCUT2D eigenvalue weighted by Gasteiger charge is 2.30. The molecule has 1 aliphatic heterocycles. The van der Waals surface area contributed by atoms with Gasteiger partial charge in [0.15, 0.2) is 0 Å². The van der Waals surface area contributed by atoms with Crippen molar-refractivity contribution in [1.29, 1.82) is 0 Å². The number of rotatable bonds is 5. The summed E-state index contributed by atoms with van der Waals surface area (Å²) < 4.78 is 48.3. The van der Waals surface area contributed by atoms with E-state index >= 15 is 0 Å². The van der Waals surface area contributed by atoms with Crippen LogP contribution >= 0.6 is 0 Å². The van der Waals surface area contributed by atoms with Gasteiger partial charge in [-0.3, -0.25) is 0 Å². The number of alkyl halides is 3. The van der Waals surface area contributed by atoms with E-state index in [0.717, 1.165) is 38.2 Å². The molecular weight excluding hydrogens is 283 g/mol. The number of hydrogen-bond donors (Lipinski definition) is 1. The number of benzene rings is 1. The highest BCUT2D eigenvalue weighted by molar-refractivity contribution is 5.28. The maximum Gasteiger partial charge on any atom is 0.416 e. The van der Waals surface area contributed by atoms with Crippen molar-refractivity contribution in [3.63, 3.8) is 0 Å². The summed E-state index contributed by atoms with van der Waals surface area (Å²) in [6, 6.07) is 4.75. The van der Waals surface area contributed by atoms with Crippen LogP contribution < -0.4 is 10.5 Å². The van der Waals surface area contributed by atoms with Crippen molar-refractivity contribution in [2.45, 2.75) is 19.0 Å². The molecule has 1 heterocycles. The molecule has 0 aliphatic carbocycles. The first kappa shape index (κ1) is 16.1. The van der Waals surface area contributed by atoms with Crippen molar-refractivity contribution in [3.05, 3.63) is 29.8 Å². The average Bonchev–Trinajstić information content (AvgIpc) is 2.48. The Morgan fingerprint density at radius 1 is 1.19 bits per heavy atom. The Morgan fingerprint density at radius 3 is 2.33 bits per heavy atom. The van der Waals surface area contributed by atoms with Crippen molar-refractivity contribution >= 4 is 0 Å². The fourth-order valence-corrected chi connectivity index (χ4v) is 2.53. The van der Waals surface area contributed by atoms with Crippen molar-refractivity contribution in [3.8, 4) is 5.75 Å². The molecule has 6 heteroatoms. The Bertz CT molecular complexity index is 428. The fraction of sp³-hybridized carbons (Fsp3) is 0.600. The largest absolute Gasteiger partial charge is 0.493 e. The van der Waals surface area contributed by atoms with Crippen LogP contribution in [0.15, 0.2) is 24.3 Å². The van der Waals surface area contributed by atoms with Gasteiger partial charge < -0.3 is 15.2 Å². The summed E-state index contributed by atoms with van der Waals surface area (Å²) in [5.41, 5.74) is 5.11. The summed E-state index contributed by atoms with van der Waals surface area (Å²) >= 11 is 0. The zero-order chi connectivity index (χ0) is 15.3. The van der Waals surface area contributed by atoms with Gasteiger partial charge in [-0.1, -0.05) is 0 Å². The molecule has 2 N–H and O–H groups in total. The summed E-state index contributed by atoms with van der Waals surface area (Å²) in [4.78, 5) is 0. The molecule has 0 aromatic heterocycles. The van der Waals surface area contributed by atoms with Crippen molar-refractivity contribution in [2.75, 3.05) is 26.4 Å². The number of nitrogens with two attached hydrogens (primary N) is 1. The van der Waals surface area contributed by atoms with Crippen LogP contribution in [-0.2, 0) is 10.9 Å². The Hall–Kier alpha value is -1.27. The van der Waals surface area contributed by atoms with Gasteiger partial charge >= 0.3 is 6.18 Å². The van der Waals surface area contributed by atoms with E-state index in [-0.39, 0.29) is 5.92 Å². The quantitative estimate of drug-likeness (QED) is 0.909. The van der Waals surface area contributed by atoms with Crippen LogP contribution in [0.4, 0.5) is 13.2 Å². The lowest BCUT2D eigenvalue weighted by molar-refractivity contribution is -0.137. The third-order valence-corrected chi connectivity index (χ3v) is 3.88. The van der Waals surface area contributed by atoms with Crippen LogP contribution in [-0.4, -0.2) is 26.4 Å². The molecule has 2 rings (SSSR count). The van der Waals surface area contributed by atoms with E-state index in [4.69, 9.17) is 15.2 Å². The first-order chi connectivity index (χ1) is 10.0. The van der Waals surface area contributed by atoms with Crippen LogP contribution in [0.3, 0.4) is 0 Å². The lowest BCUT2D eigenvalue weighted by atomic mass is 9.86. The van der Waals surface area contributed by atoms with Crippen LogP contribution in [0.2, 0.25) is 0 Å². The van der Waals surface area contributed by atoms with Crippen LogP contribution in [0.1, 0.15) is 18.4 Å². The van der Waals surface area contributed by atoms with E-state index in [1.54, 1.807) is 0 Å². The molecule has 1 fully saturated rings. The Balaban J connectivity index is 1.89. The third kappa shape index (κ3) is 4.61. The maximum atomic E-state index is 12.5. The lowest BCUT2D eigenvalue weighted by Gasteiger charge is -2.29. The molecule has 0 bridgehead atoms. The predicted octanol–water partition coefficient (Wildman–Crippen LogP) is 3.09. The summed E-state index contributed by atoms with van der Waals surface area (Å²) in [6.45, 7) is 2.40. The molecule has 1 aromatic carbocycles. The third-order valence-electron chi connectivity index (χ3n) is 3.88. The van der Waals surface area contributed by atoms with Gasteiger partial charge in [0.1, 0.15) is 5.75 Å². The summed E-state index contributed by atoms with van der Waals surface area (Å²) in [6.07, 6.45) is -2.41. The van der Waals surface area contributed by atoms with E-state index in [1.807, 2.05) is 0 Å². The lowest BCUT2D eigenvalue weighted by Crippen LogP contribution is -2.32. The Kier molecular flexibility index (Phi) is 5.47. The maximum absolute atomic E-state index is 12.5. The van der Waals surface area contributed by atoms with Crippen LogP contribution in [0.5, 0.6) is 5.75 Å². The fourth-order valence-electron chi connectivity index (χ4n) is 2.53. The van der Waals surface area contributed by atoms with E-state index in [1.165, 1.54) is 12.1 Å². The van der Waals surface area contributed by atoms with Crippen LogP contribution in [0, 0.1) is 11.8 Å². The second-order valence-electron chi connectivity index (χ2n) is 5.28. The van der Waals surface area contributed by atoms with Gasteiger partial charge in [0.2, 0.25) is 0 Å². The summed E-state index contributed by atoms with van der Waals surface area (Å²) in [5, 5.41) is 0. The van der Waals surface area contributed by atoms with Gasteiger partial charge in [0, 0.05) is 19.1 Å². The Morgan fingerprint density at radius 2 is 1.81 bits per heavy atom. The molecule has 118 valence electrons. The number of ether oxygens (including phenoxy) is 2. The van der Waals surface area contributed by atoms with E-state index in [9.17, 15) is 13.2 Å². The van der Waals surface area contributed by atoms with Gasteiger partial charge in [-0.15, -0.1) is 0 Å². The number of halogens is 3. The monoisotopic (exact) mass is 303 g/mol. The number of hydrogen-bond acceptors (Lipinski definition) is 3. The van der Waals surface area contributed by atoms with E-state index in [2.05, 4.69) is 0 Å². The molecule has 1 saturated heterocycles. The molecule has 0 spiro atoms. The van der Waals surface area contributed by atoms with E-state index < -0.39 is 11.7 Å². The van der Waals surface area contributed by atoms with Gasteiger partial charge in [-0.05, 0) is 49.6 Å². The standard InChI is InChI=1S/C15H20F3NO2/c16-15(17,18)13-1-3-14(4-2-13)21-10-12(9-19)11-5-7-20-8-6-11/h1-4,11-12H,5-10,19H2. The van der Waals surface area contributed by atoms with Crippen LogP contribution in [0.25, 0.3) is 0 Å². The normalized spacial score (nSPS) is 18.5. The molecule has 1 atom stereocenters. The SMILES string of the molecule is NCC(COc1ccc(C(F)(F)F)cc1)C1CCOCC1. The first-order valence-electron chi connectivity index (χ1n) is 7.08. The molecule has 1 aromatic rings. The van der Waals surface area contributed by atoms with Gasteiger partial charge in [-0.25, -0.2) is 0 Å². The molecule has 0 amide bonds. The first-order valence-corrected chi connectivity index (χ1v) is 7.08. The minimum Gasteiger partial charge on any atom is -0.493 e. The molecule has 3 nitrogen and oxygen atoms in total. The van der Waals surface area contributed by atoms with Gasteiger partial charge in [0.25, 0.3) is 0 Å². The molecule has 0 radical (unpaired) electrons. The molecule has 1 aliphatic rings. The molecular formula is C15H20F3NO2. The average molecular weight is 303 g/mol. The molecule has 1 unspecified atom stereocenters. The smallest absolute Gasteiger partial charge is 0.416 e. The van der Waals surface area contributed by atoms with Gasteiger partial charge in [-0.2, -0.15) is 13.2 Å². The second kappa shape index (κ2) is 7.13. The van der Waals surface area contributed by atoms with E-state index in [0.29, 0.717) is 24.8 Å². The van der Waals surface area contributed by atoms with Crippen molar-refractivity contribution < 1.29 is 22.6 Å². The highest BCUT2D eigenvalue weighted by atomic mass is 19.4. The van der Waals surface area contributed by atoms with Gasteiger partial charge in [0.05, 0.1) is 12.2 Å². The topological polar surface area (TPSA) is 44.5 Å².